The summed E-state index contributed by atoms with van der Waals surface area (Å²) in [5, 5.41) is 0. The lowest BCUT2D eigenvalue weighted by atomic mass is 9.69. The molecule has 22 heavy (non-hydrogen) atoms. The molecule has 0 spiro atoms. The highest BCUT2D eigenvalue weighted by molar-refractivity contribution is 9.10. The van der Waals surface area contributed by atoms with Crippen LogP contribution >= 0.6 is 37.6 Å². The summed E-state index contributed by atoms with van der Waals surface area (Å²) in [6, 6.07) is 2.03. The fourth-order valence-electron chi connectivity index (χ4n) is 3.27. The van der Waals surface area contributed by atoms with Crippen molar-refractivity contribution in [3.8, 4) is 5.75 Å². The molecule has 1 heterocycles. The molecule has 0 aliphatic carbocycles. The minimum Gasteiger partial charge on any atom is -0.492 e. The van der Waals surface area contributed by atoms with Gasteiger partial charge in [-0.1, -0.05) is 34.2 Å². The van der Waals surface area contributed by atoms with Gasteiger partial charge in [0, 0.05) is 15.5 Å². The molecule has 1 aromatic carbocycles. The lowest BCUT2D eigenvalue weighted by Gasteiger charge is -2.40. The summed E-state index contributed by atoms with van der Waals surface area (Å²) < 4.78 is 7.06. The van der Waals surface area contributed by atoms with Crippen LogP contribution < -0.4 is 4.74 Å². The second-order valence-corrected chi connectivity index (χ2v) is 7.38. The molecule has 4 heteroatoms. The zero-order valence-corrected chi connectivity index (χ0v) is 15.7. The summed E-state index contributed by atoms with van der Waals surface area (Å²) in [5.74, 6) is 0.912. The average molecular weight is 400 g/mol. The molecule has 0 amide bonds. The molecular weight excluding hydrogens is 380 g/mol. The zero-order chi connectivity index (χ0) is 16.2. The third-order valence-corrected chi connectivity index (χ3v) is 5.83. The third-order valence-electron chi connectivity index (χ3n) is 4.16. The van der Waals surface area contributed by atoms with Gasteiger partial charge in [0.05, 0.1) is 11.5 Å². The van der Waals surface area contributed by atoms with Crippen LogP contribution in [0.4, 0.5) is 0 Å². The number of halogens is 2. The fraction of sp³-hybridized carbons (Fsp3) is 0.333. The van der Waals surface area contributed by atoms with Gasteiger partial charge in [0.2, 0.25) is 0 Å². The van der Waals surface area contributed by atoms with Crippen LogP contribution in [0, 0.1) is 0 Å². The molecule has 2 rings (SSSR count). The number of ether oxygens (including phenoxy) is 1. The fourth-order valence-corrected chi connectivity index (χ4v) is 4.75. The molecule has 1 aromatic rings. The monoisotopic (exact) mass is 398 g/mol. The molecule has 0 fully saturated rings. The second kappa shape index (κ2) is 7.76. The summed E-state index contributed by atoms with van der Waals surface area (Å²) in [6.45, 7) is 12.5. The zero-order valence-electron chi connectivity index (χ0n) is 12.5. The summed E-state index contributed by atoms with van der Waals surface area (Å²) in [6.07, 6.45) is 9.43. The quantitative estimate of drug-likeness (QED) is 0.478. The molecule has 1 aliphatic heterocycles. The number of fused-ring (bicyclic) bond motifs is 1. The van der Waals surface area contributed by atoms with Crippen LogP contribution in [0.15, 0.2) is 53.4 Å². The number of hydrogen-bond donors (Lipinski definition) is 0. The maximum Gasteiger partial charge on any atom is 0.138 e. The van der Waals surface area contributed by atoms with Crippen molar-refractivity contribution in [2.45, 2.75) is 36.0 Å². The van der Waals surface area contributed by atoms with Gasteiger partial charge in [-0.3, -0.25) is 0 Å². The topological polar surface area (TPSA) is 9.23 Å². The molecule has 0 aromatic heterocycles. The highest BCUT2D eigenvalue weighted by atomic mass is 79.9. The van der Waals surface area contributed by atoms with Crippen molar-refractivity contribution in [3.05, 3.63) is 59.6 Å². The Bertz CT molecular complexity index is 587. The van der Waals surface area contributed by atoms with E-state index in [1.54, 1.807) is 0 Å². The van der Waals surface area contributed by atoms with E-state index >= 15 is 0 Å². The van der Waals surface area contributed by atoms with Crippen LogP contribution in [-0.4, -0.2) is 6.61 Å². The van der Waals surface area contributed by atoms with Gasteiger partial charge in [0.25, 0.3) is 0 Å². The summed E-state index contributed by atoms with van der Waals surface area (Å²) in [4.78, 5) is 0.952. The molecule has 0 bridgehead atoms. The molecule has 1 nitrogen and oxygen atoms in total. The Labute approximate surface area is 150 Å². The maximum atomic E-state index is 6.07. The minimum absolute atomic E-state index is 0.0272. The predicted octanol–water partition coefficient (Wildman–Crippen LogP) is 6.60. The van der Waals surface area contributed by atoms with Crippen molar-refractivity contribution in [1.82, 2.24) is 0 Å². The first-order valence-corrected chi connectivity index (χ1v) is 9.67. The van der Waals surface area contributed by atoms with Gasteiger partial charge < -0.3 is 4.74 Å². The summed E-state index contributed by atoms with van der Waals surface area (Å²) >= 11 is 3.69. The first kappa shape index (κ1) is 17.7. The van der Waals surface area contributed by atoms with Crippen LogP contribution in [-0.2, 0) is 11.8 Å². The summed E-state index contributed by atoms with van der Waals surface area (Å²) in [5.41, 5.74) is 2.43. The van der Waals surface area contributed by atoms with E-state index in [-0.39, 0.29) is 5.41 Å². The van der Waals surface area contributed by atoms with E-state index in [0.717, 1.165) is 40.8 Å². The Morgan fingerprint density at radius 1 is 1.27 bits per heavy atom. The largest absolute Gasteiger partial charge is 0.492 e. The van der Waals surface area contributed by atoms with E-state index in [1.165, 1.54) is 22.1 Å². The van der Waals surface area contributed by atoms with Crippen molar-refractivity contribution in [3.63, 3.8) is 0 Å². The van der Waals surface area contributed by atoms with Crippen LogP contribution in [0.1, 0.15) is 30.4 Å². The first-order valence-electron chi connectivity index (χ1n) is 7.23. The van der Waals surface area contributed by atoms with Crippen molar-refractivity contribution in [2.24, 2.45) is 0 Å². The maximum absolute atomic E-state index is 6.07. The van der Waals surface area contributed by atoms with Crippen LogP contribution in [0.2, 0.25) is 0 Å². The standard InChI is InChI=1S/C18H20BrClOS/c1-4-7-13-14(19)12-15(22-20)17-16(13)18(8-5-2,9-6-3)10-11-21-17/h4-6,12H,1-3,7-11H2. The molecular formula is C18H20BrClOS. The van der Waals surface area contributed by atoms with Crippen LogP contribution in [0.5, 0.6) is 5.75 Å². The highest BCUT2D eigenvalue weighted by Gasteiger charge is 2.39. The van der Waals surface area contributed by atoms with E-state index < -0.39 is 0 Å². The number of rotatable bonds is 7. The molecule has 0 unspecified atom stereocenters. The van der Waals surface area contributed by atoms with E-state index in [9.17, 15) is 0 Å². The van der Waals surface area contributed by atoms with Crippen LogP contribution in [0.3, 0.4) is 0 Å². The van der Waals surface area contributed by atoms with Crippen LogP contribution in [0.25, 0.3) is 0 Å². The molecule has 0 saturated heterocycles. The van der Waals surface area contributed by atoms with Gasteiger partial charge in [-0.2, -0.15) is 0 Å². The molecule has 0 radical (unpaired) electrons. The molecule has 0 N–H and O–H groups in total. The SMILES string of the molecule is C=CCc1c(Br)cc(SCl)c2c1C(CC=C)(CC=C)CCO2. The number of benzene rings is 1. The minimum atomic E-state index is -0.0272. The van der Waals surface area contributed by atoms with Crippen molar-refractivity contribution >= 4 is 37.6 Å². The molecule has 0 atom stereocenters. The van der Waals surface area contributed by atoms with E-state index in [2.05, 4.69) is 35.7 Å². The Morgan fingerprint density at radius 2 is 1.95 bits per heavy atom. The number of hydrogen-bond acceptors (Lipinski definition) is 2. The van der Waals surface area contributed by atoms with E-state index in [1.807, 2.05) is 24.3 Å². The first-order chi connectivity index (χ1) is 10.6. The Morgan fingerprint density at radius 3 is 2.50 bits per heavy atom. The second-order valence-electron chi connectivity index (χ2n) is 5.47. The Hall–Kier alpha value is -0.640. The lowest BCUT2D eigenvalue weighted by molar-refractivity contribution is 0.208. The normalized spacial score (nSPS) is 15.5. The van der Waals surface area contributed by atoms with Gasteiger partial charge in [-0.25, -0.2) is 0 Å². The van der Waals surface area contributed by atoms with Gasteiger partial charge in [-0.05, 0) is 59.0 Å². The van der Waals surface area contributed by atoms with E-state index in [0.29, 0.717) is 6.61 Å². The molecule has 0 saturated carbocycles. The van der Waals surface area contributed by atoms with Gasteiger partial charge in [0.1, 0.15) is 5.75 Å². The highest BCUT2D eigenvalue weighted by Crippen LogP contribution is 2.52. The predicted molar refractivity (Wildman–Crippen MR) is 101 cm³/mol. The average Bonchev–Trinajstić information content (AvgIpc) is 2.50. The third kappa shape index (κ3) is 3.17. The lowest BCUT2D eigenvalue weighted by Crippen LogP contribution is -2.34. The van der Waals surface area contributed by atoms with Gasteiger partial charge >= 0.3 is 0 Å². The van der Waals surface area contributed by atoms with Gasteiger partial charge in [-0.15, -0.1) is 19.7 Å². The Balaban J connectivity index is 2.77. The summed E-state index contributed by atoms with van der Waals surface area (Å²) in [7, 11) is 7.27. The van der Waals surface area contributed by atoms with E-state index in [4.69, 9.17) is 15.4 Å². The molecule has 118 valence electrons. The van der Waals surface area contributed by atoms with Crippen molar-refractivity contribution < 1.29 is 4.74 Å². The molecule has 1 aliphatic rings. The Kier molecular flexibility index (Phi) is 6.25. The van der Waals surface area contributed by atoms with Gasteiger partial charge in [0.15, 0.2) is 0 Å². The van der Waals surface area contributed by atoms with Crippen molar-refractivity contribution in [1.29, 1.82) is 0 Å². The smallest absolute Gasteiger partial charge is 0.138 e. The van der Waals surface area contributed by atoms with Crippen molar-refractivity contribution in [2.75, 3.05) is 6.61 Å². The number of allylic oxidation sites excluding steroid dienone is 3.